The predicted octanol–water partition coefficient (Wildman–Crippen LogP) is 6.06. The van der Waals surface area contributed by atoms with Gasteiger partial charge in [0, 0.05) is 6.42 Å². The van der Waals surface area contributed by atoms with Gasteiger partial charge in [-0.15, -0.1) is 11.8 Å². The molecule has 0 aromatic heterocycles. The summed E-state index contributed by atoms with van der Waals surface area (Å²) in [6.45, 7) is 9.71. The van der Waals surface area contributed by atoms with Crippen molar-refractivity contribution < 1.29 is 5.11 Å². The highest BCUT2D eigenvalue weighted by Gasteiger charge is 2.60. The van der Waals surface area contributed by atoms with Gasteiger partial charge in [-0.05, 0) is 111 Å². The van der Waals surface area contributed by atoms with Crippen LogP contribution in [-0.4, -0.2) is 11.2 Å². The number of hydrogen-bond donors (Lipinski definition) is 1. The normalized spacial score (nSPS) is 51.4. The molecule has 9 atom stereocenters. The van der Waals surface area contributed by atoms with Crippen LogP contribution < -0.4 is 0 Å². The Labute approximate surface area is 161 Å². The Hall–Kier alpha value is -0.480. The monoisotopic (exact) mass is 356 g/mol. The molecule has 0 amide bonds. The fourth-order valence-corrected chi connectivity index (χ4v) is 8.62. The van der Waals surface area contributed by atoms with Gasteiger partial charge in [0.2, 0.25) is 0 Å². The van der Waals surface area contributed by atoms with Crippen LogP contribution in [0.25, 0.3) is 0 Å². The third kappa shape index (κ3) is 2.78. The summed E-state index contributed by atoms with van der Waals surface area (Å²) in [6.07, 6.45) is 13.1. The van der Waals surface area contributed by atoms with Crippen LogP contribution in [0.2, 0.25) is 0 Å². The first kappa shape index (κ1) is 18.9. The van der Waals surface area contributed by atoms with Gasteiger partial charge in [-0.1, -0.05) is 20.8 Å². The van der Waals surface area contributed by atoms with Crippen LogP contribution in [0.4, 0.5) is 0 Å². The molecule has 0 heterocycles. The zero-order valence-corrected chi connectivity index (χ0v) is 17.6. The summed E-state index contributed by atoms with van der Waals surface area (Å²) in [6, 6.07) is 0. The van der Waals surface area contributed by atoms with Gasteiger partial charge >= 0.3 is 0 Å². The molecule has 26 heavy (non-hydrogen) atoms. The quantitative estimate of drug-likeness (QED) is 0.597. The highest BCUT2D eigenvalue weighted by atomic mass is 16.3. The maximum atomic E-state index is 10.2. The minimum Gasteiger partial charge on any atom is -0.393 e. The van der Waals surface area contributed by atoms with Crippen molar-refractivity contribution in [3.63, 3.8) is 0 Å². The summed E-state index contributed by atoms with van der Waals surface area (Å²) >= 11 is 0. The SMILES string of the molecule is CC#CC[C@@H](C)[C@H]1CC[C@H]2[C@@H]3CC[C@@H]4C[C@H](O)CC[C@]4(C)[C@H]3CC[C@]12C. The molecule has 0 aromatic carbocycles. The molecule has 4 aliphatic rings. The average Bonchev–Trinajstić information content (AvgIpc) is 2.97. The van der Waals surface area contributed by atoms with Crippen LogP contribution >= 0.6 is 0 Å². The summed E-state index contributed by atoms with van der Waals surface area (Å²) in [4.78, 5) is 0. The summed E-state index contributed by atoms with van der Waals surface area (Å²) in [5.41, 5.74) is 1.08. The van der Waals surface area contributed by atoms with Crippen molar-refractivity contribution in [1.29, 1.82) is 0 Å². The molecule has 0 unspecified atom stereocenters. The summed E-state index contributed by atoms with van der Waals surface area (Å²) in [5, 5.41) is 10.2. The Morgan fingerprint density at radius 2 is 1.69 bits per heavy atom. The predicted molar refractivity (Wildman–Crippen MR) is 108 cm³/mol. The molecule has 0 bridgehead atoms. The van der Waals surface area contributed by atoms with E-state index in [1.54, 1.807) is 0 Å². The molecule has 1 heteroatoms. The first-order valence-electron chi connectivity index (χ1n) is 11.5. The van der Waals surface area contributed by atoms with Crippen LogP contribution in [0.5, 0.6) is 0 Å². The van der Waals surface area contributed by atoms with E-state index in [0.717, 1.165) is 54.8 Å². The zero-order chi connectivity index (χ0) is 18.5. The van der Waals surface area contributed by atoms with Gasteiger partial charge in [-0.25, -0.2) is 0 Å². The third-order valence-electron chi connectivity index (χ3n) is 10.00. The molecular formula is C25H40O. The molecule has 1 N–H and O–H groups in total. The Morgan fingerprint density at radius 1 is 0.962 bits per heavy atom. The second-order valence-corrected chi connectivity index (χ2v) is 10.9. The number of hydrogen-bond acceptors (Lipinski definition) is 1. The van der Waals surface area contributed by atoms with Crippen molar-refractivity contribution in [2.24, 2.45) is 46.3 Å². The highest BCUT2D eigenvalue weighted by Crippen LogP contribution is 2.68. The molecule has 0 radical (unpaired) electrons. The lowest BCUT2D eigenvalue weighted by Gasteiger charge is -2.61. The first-order valence-corrected chi connectivity index (χ1v) is 11.5. The molecule has 0 aromatic rings. The summed E-state index contributed by atoms with van der Waals surface area (Å²) in [5.74, 6) is 11.7. The topological polar surface area (TPSA) is 20.2 Å². The minimum absolute atomic E-state index is 0.0186. The van der Waals surface area contributed by atoms with E-state index in [9.17, 15) is 5.11 Å². The van der Waals surface area contributed by atoms with Crippen molar-refractivity contribution in [3.05, 3.63) is 0 Å². The van der Waals surface area contributed by atoms with Gasteiger partial charge in [-0.2, -0.15) is 0 Å². The third-order valence-corrected chi connectivity index (χ3v) is 10.00. The van der Waals surface area contributed by atoms with E-state index in [2.05, 4.69) is 32.6 Å². The van der Waals surface area contributed by atoms with Gasteiger partial charge in [0.05, 0.1) is 6.10 Å². The van der Waals surface area contributed by atoms with Crippen molar-refractivity contribution in [3.8, 4) is 11.8 Å². The van der Waals surface area contributed by atoms with E-state index < -0.39 is 0 Å². The van der Waals surface area contributed by atoms with E-state index in [0.29, 0.717) is 10.8 Å². The van der Waals surface area contributed by atoms with Gasteiger partial charge < -0.3 is 5.11 Å². The minimum atomic E-state index is -0.0186. The number of fused-ring (bicyclic) bond motifs is 5. The van der Waals surface area contributed by atoms with Gasteiger partial charge in [0.1, 0.15) is 0 Å². The Morgan fingerprint density at radius 3 is 2.46 bits per heavy atom. The molecule has 0 spiro atoms. The number of aliphatic hydroxyl groups is 1. The van der Waals surface area contributed by atoms with Crippen LogP contribution in [-0.2, 0) is 0 Å². The number of aliphatic hydroxyl groups excluding tert-OH is 1. The van der Waals surface area contributed by atoms with E-state index in [1.165, 1.54) is 44.9 Å². The molecule has 0 saturated heterocycles. The first-order chi connectivity index (χ1) is 12.4. The van der Waals surface area contributed by atoms with Crippen LogP contribution in [0.15, 0.2) is 0 Å². The molecule has 4 aliphatic carbocycles. The van der Waals surface area contributed by atoms with Crippen molar-refractivity contribution in [1.82, 2.24) is 0 Å². The van der Waals surface area contributed by atoms with Crippen molar-refractivity contribution in [2.75, 3.05) is 0 Å². The Bertz CT molecular complexity index is 585. The zero-order valence-electron chi connectivity index (χ0n) is 17.6. The molecule has 0 aliphatic heterocycles. The largest absolute Gasteiger partial charge is 0.393 e. The smallest absolute Gasteiger partial charge is 0.0543 e. The average molecular weight is 357 g/mol. The van der Waals surface area contributed by atoms with E-state index >= 15 is 0 Å². The standard InChI is InChI=1S/C25H40O/c1-5-6-7-17(2)21-10-11-22-20-9-8-18-16-19(26)12-14-24(18,3)23(20)13-15-25(21,22)4/h17-23,26H,7-16H2,1-4H3/t17-,18-,19-,20+,21-,22+,23+,24+,25-/m1/s1. The van der Waals surface area contributed by atoms with Crippen molar-refractivity contribution >= 4 is 0 Å². The molecule has 1 nitrogen and oxygen atoms in total. The van der Waals surface area contributed by atoms with E-state index in [4.69, 9.17) is 0 Å². The van der Waals surface area contributed by atoms with Crippen LogP contribution in [0.3, 0.4) is 0 Å². The number of rotatable bonds is 2. The molecular weight excluding hydrogens is 316 g/mol. The van der Waals surface area contributed by atoms with Gasteiger partial charge in [-0.3, -0.25) is 0 Å². The molecule has 146 valence electrons. The van der Waals surface area contributed by atoms with E-state index in [1.807, 2.05) is 6.92 Å². The summed E-state index contributed by atoms with van der Waals surface area (Å²) < 4.78 is 0. The van der Waals surface area contributed by atoms with E-state index in [-0.39, 0.29) is 6.10 Å². The van der Waals surface area contributed by atoms with Gasteiger partial charge in [0.25, 0.3) is 0 Å². The Kier molecular flexibility index (Phi) is 4.97. The van der Waals surface area contributed by atoms with Crippen molar-refractivity contribution in [2.45, 2.75) is 98.0 Å². The highest BCUT2D eigenvalue weighted by molar-refractivity contribution is 5.10. The second-order valence-electron chi connectivity index (χ2n) is 10.9. The fraction of sp³-hybridized carbons (Fsp3) is 0.920. The molecule has 4 fully saturated rings. The summed E-state index contributed by atoms with van der Waals surface area (Å²) in [7, 11) is 0. The molecule has 4 saturated carbocycles. The lowest BCUT2D eigenvalue weighted by atomic mass is 9.44. The maximum Gasteiger partial charge on any atom is 0.0543 e. The van der Waals surface area contributed by atoms with Gasteiger partial charge in [0.15, 0.2) is 0 Å². The lowest BCUT2D eigenvalue weighted by Crippen LogP contribution is -2.54. The van der Waals surface area contributed by atoms with Crippen LogP contribution in [0, 0.1) is 58.2 Å². The lowest BCUT2D eigenvalue weighted by molar-refractivity contribution is -0.129. The maximum absolute atomic E-state index is 10.2. The van der Waals surface area contributed by atoms with Crippen LogP contribution in [0.1, 0.15) is 91.9 Å². The molecule has 4 rings (SSSR count). The fourth-order valence-electron chi connectivity index (χ4n) is 8.62. The second kappa shape index (κ2) is 6.84. The Balaban J connectivity index is 1.55.